The fourth-order valence-electron chi connectivity index (χ4n) is 4.49. The largest absolute Gasteiger partial charge is 0.381 e. The molecule has 1 spiro atoms. The van der Waals surface area contributed by atoms with Crippen molar-refractivity contribution in [3.63, 3.8) is 0 Å². The van der Waals surface area contributed by atoms with Crippen molar-refractivity contribution in [2.45, 2.75) is 44.1 Å². The van der Waals surface area contributed by atoms with E-state index in [4.69, 9.17) is 14.2 Å². The fourth-order valence-corrected chi connectivity index (χ4v) is 4.49. The summed E-state index contributed by atoms with van der Waals surface area (Å²) in [5.41, 5.74) is -0.0227. The number of urea groups is 1. The molecule has 0 aromatic carbocycles. The van der Waals surface area contributed by atoms with Crippen LogP contribution >= 0.6 is 0 Å². The van der Waals surface area contributed by atoms with Crippen LogP contribution in [0, 0.1) is 11.8 Å². The normalized spacial score (nSPS) is 27.0. The van der Waals surface area contributed by atoms with E-state index in [0.29, 0.717) is 11.8 Å². The van der Waals surface area contributed by atoms with Crippen molar-refractivity contribution in [3.05, 3.63) is 0 Å². The first-order chi connectivity index (χ1) is 12.1. The number of piperidine rings is 1. The number of nitrogens with zero attached hydrogens (tertiary/aromatic N) is 2. The van der Waals surface area contributed by atoms with Gasteiger partial charge in [-0.15, -0.1) is 0 Å². The third-order valence-electron chi connectivity index (χ3n) is 6.17. The lowest BCUT2D eigenvalue weighted by molar-refractivity contribution is -0.0679. The van der Waals surface area contributed by atoms with E-state index >= 15 is 0 Å². The number of amides is 2. The molecule has 6 nitrogen and oxygen atoms in total. The molecule has 0 N–H and O–H groups in total. The highest BCUT2D eigenvalue weighted by Gasteiger charge is 2.46. The molecule has 0 aromatic rings. The molecule has 0 bridgehead atoms. The summed E-state index contributed by atoms with van der Waals surface area (Å²) in [4.78, 5) is 15.7. The second-order valence-electron chi connectivity index (χ2n) is 7.98. The first-order valence-electron chi connectivity index (χ1n) is 9.86. The zero-order valence-electron chi connectivity index (χ0n) is 15.9. The lowest BCUT2D eigenvalue weighted by atomic mass is 9.78. The van der Waals surface area contributed by atoms with Gasteiger partial charge >= 0.3 is 6.03 Å². The first-order valence-corrected chi connectivity index (χ1v) is 9.86. The smallest absolute Gasteiger partial charge is 0.319 e. The zero-order valence-corrected chi connectivity index (χ0v) is 15.9. The number of hydrogen-bond acceptors (Lipinski definition) is 4. The molecule has 3 heterocycles. The highest BCUT2D eigenvalue weighted by atomic mass is 16.5. The second-order valence-corrected chi connectivity index (χ2v) is 7.98. The average Bonchev–Trinajstić information content (AvgIpc) is 3.01. The summed E-state index contributed by atoms with van der Waals surface area (Å²) < 4.78 is 17.6. The van der Waals surface area contributed by atoms with E-state index in [1.807, 2.05) is 19.0 Å². The standard InChI is InChI=1S/C19H34N2O4/c1-20(2)18(22)21-9-7-19(8-10-21)17(6-14-25-19)5-13-24-15-16-3-11-23-12-4-16/h16-17H,3-15H2,1-2H3/t17-/m1/s1. The molecule has 0 saturated carbocycles. The Balaban J connectivity index is 1.41. The van der Waals surface area contributed by atoms with Gasteiger partial charge in [-0.1, -0.05) is 0 Å². The van der Waals surface area contributed by atoms with E-state index in [2.05, 4.69) is 0 Å². The Bertz CT molecular complexity index is 429. The van der Waals surface area contributed by atoms with Crippen molar-refractivity contribution in [3.8, 4) is 0 Å². The molecular weight excluding hydrogens is 320 g/mol. The minimum atomic E-state index is -0.0227. The number of ether oxygens (including phenoxy) is 3. The minimum Gasteiger partial charge on any atom is -0.381 e. The van der Waals surface area contributed by atoms with Crippen LogP contribution in [0.1, 0.15) is 38.5 Å². The fraction of sp³-hybridized carbons (Fsp3) is 0.947. The molecule has 0 aliphatic carbocycles. The summed E-state index contributed by atoms with van der Waals surface area (Å²) in [7, 11) is 3.63. The van der Waals surface area contributed by atoms with Crippen LogP contribution in [-0.2, 0) is 14.2 Å². The molecule has 1 atom stereocenters. The number of hydrogen-bond donors (Lipinski definition) is 0. The average molecular weight is 354 g/mol. The maximum atomic E-state index is 12.1. The highest BCUT2D eigenvalue weighted by molar-refractivity contribution is 5.73. The lowest BCUT2D eigenvalue weighted by Gasteiger charge is -2.42. The van der Waals surface area contributed by atoms with E-state index < -0.39 is 0 Å². The minimum absolute atomic E-state index is 0.0227. The lowest BCUT2D eigenvalue weighted by Crippen LogP contribution is -2.51. The summed E-state index contributed by atoms with van der Waals surface area (Å²) >= 11 is 0. The Morgan fingerprint density at radius 1 is 1.16 bits per heavy atom. The zero-order chi connectivity index (χ0) is 17.7. The molecule has 25 heavy (non-hydrogen) atoms. The Hall–Kier alpha value is -0.850. The molecule has 3 aliphatic heterocycles. The monoisotopic (exact) mass is 354 g/mol. The summed E-state index contributed by atoms with van der Waals surface area (Å²) in [6, 6.07) is 0.115. The maximum Gasteiger partial charge on any atom is 0.319 e. The quantitative estimate of drug-likeness (QED) is 0.711. The molecule has 0 radical (unpaired) electrons. The molecular formula is C19H34N2O4. The van der Waals surface area contributed by atoms with Crippen LogP contribution in [0.25, 0.3) is 0 Å². The van der Waals surface area contributed by atoms with Gasteiger partial charge in [-0.25, -0.2) is 4.79 Å². The van der Waals surface area contributed by atoms with Crippen molar-refractivity contribution in [1.82, 2.24) is 9.80 Å². The predicted octanol–water partition coefficient (Wildman–Crippen LogP) is 2.37. The SMILES string of the molecule is CN(C)C(=O)N1CCC2(CC1)OCC[C@H]2CCOCC1CCOCC1. The van der Waals surface area contributed by atoms with Crippen LogP contribution in [0.15, 0.2) is 0 Å². The molecule has 0 aromatic heterocycles. The number of rotatable bonds is 5. The number of likely N-dealkylation sites (tertiary alicyclic amines) is 1. The summed E-state index contributed by atoms with van der Waals surface area (Å²) in [6.07, 6.45) is 6.37. The molecule has 144 valence electrons. The molecule has 6 heteroatoms. The van der Waals surface area contributed by atoms with E-state index in [0.717, 1.165) is 84.6 Å². The Labute approximate surface area is 151 Å². The Morgan fingerprint density at radius 2 is 1.88 bits per heavy atom. The van der Waals surface area contributed by atoms with Crippen molar-refractivity contribution in [2.24, 2.45) is 11.8 Å². The van der Waals surface area contributed by atoms with Crippen LogP contribution in [0.3, 0.4) is 0 Å². The van der Waals surface area contributed by atoms with Gasteiger partial charge in [0.25, 0.3) is 0 Å². The van der Waals surface area contributed by atoms with E-state index in [-0.39, 0.29) is 11.6 Å². The summed E-state index contributed by atoms with van der Waals surface area (Å²) in [6.45, 7) is 5.92. The van der Waals surface area contributed by atoms with Gasteiger partial charge in [-0.05, 0) is 50.4 Å². The molecule has 0 unspecified atom stereocenters. The topological polar surface area (TPSA) is 51.2 Å². The third-order valence-corrected chi connectivity index (χ3v) is 6.17. The van der Waals surface area contributed by atoms with Crippen LogP contribution in [0.2, 0.25) is 0 Å². The van der Waals surface area contributed by atoms with Gasteiger partial charge in [0.05, 0.1) is 5.60 Å². The van der Waals surface area contributed by atoms with Gasteiger partial charge in [0.15, 0.2) is 0 Å². The van der Waals surface area contributed by atoms with E-state index in [1.165, 1.54) is 0 Å². The van der Waals surface area contributed by atoms with Crippen molar-refractivity contribution in [2.75, 3.05) is 60.2 Å². The van der Waals surface area contributed by atoms with Gasteiger partial charge in [-0.2, -0.15) is 0 Å². The highest BCUT2D eigenvalue weighted by Crippen LogP contribution is 2.42. The van der Waals surface area contributed by atoms with Gasteiger partial charge in [-0.3, -0.25) is 0 Å². The van der Waals surface area contributed by atoms with Gasteiger partial charge in [0, 0.05) is 60.2 Å². The first kappa shape index (κ1) is 18.9. The second kappa shape index (κ2) is 8.69. The number of carbonyl (C=O) groups is 1. The van der Waals surface area contributed by atoms with Crippen LogP contribution in [0.4, 0.5) is 4.79 Å². The maximum absolute atomic E-state index is 12.1. The Morgan fingerprint density at radius 3 is 2.56 bits per heavy atom. The molecule has 3 saturated heterocycles. The van der Waals surface area contributed by atoms with Crippen molar-refractivity contribution in [1.29, 1.82) is 0 Å². The van der Waals surface area contributed by atoms with E-state index in [1.54, 1.807) is 4.90 Å². The van der Waals surface area contributed by atoms with Crippen molar-refractivity contribution < 1.29 is 19.0 Å². The van der Waals surface area contributed by atoms with E-state index in [9.17, 15) is 4.79 Å². The Kier molecular flexibility index (Phi) is 6.58. The van der Waals surface area contributed by atoms with Gasteiger partial charge < -0.3 is 24.0 Å². The van der Waals surface area contributed by atoms with Gasteiger partial charge in [0.1, 0.15) is 0 Å². The summed E-state index contributed by atoms with van der Waals surface area (Å²) in [5.74, 6) is 1.24. The molecule has 3 rings (SSSR count). The summed E-state index contributed by atoms with van der Waals surface area (Å²) in [5, 5.41) is 0. The molecule has 2 amide bonds. The van der Waals surface area contributed by atoms with Crippen molar-refractivity contribution >= 4 is 6.03 Å². The van der Waals surface area contributed by atoms with Crippen LogP contribution in [-0.4, -0.2) is 81.7 Å². The molecule has 3 fully saturated rings. The van der Waals surface area contributed by atoms with Crippen LogP contribution < -0.4 is 0 Å². The molecule has 3 aliphatic rings. The number of carbonyl (C=O) groups excluding carboxylic acids is 1. The predicted molar refractivity (Wildman–Crippen MR) is 95.7 cm³/mol. The van der Waals surface area contributed by atoms with Crippen LogP contribution in [0.5, 0.6) is 0 Å². The van der Waals surface area contributed by atoms with Gasteiger partial charge in [0.2, 0.25) is 0 Å². The third kappa shape index (κ3) is 4.66.